The van der Waals surface area contributed by atoms with Gasteiger partial charge in [-0.1, -0.05) is 13.8 Å². The molecule has 0 saturated heterocycles. The van der Waals surface area contributed by atoms with Gasteiger partial charge in [-0.2, -0.15) is 0 Å². The lowest BCUT2D eigenvalue weighted by Crippen LogP contribution is -2.29. The maximum absolute atomic E-state index is 12.2. The number of carboxylic acids is 1. The van der Waals surface area contributed by atoms with Gasteiger partial charge in [0.25, 0.3) is 5.91 Å². The van der Waals surface area contributed by atoms with Crippen LogP contribution < -0.4 is 10.1 Å². The standard InChI is InChI=1S/C22H23Br2N3O4/c1-4-27-18-10-14(5-6-17(18)26-19(27)7-12(2)3)31-21-15(23)8-13(9-16(21)24)22(30)25-11-20(28)29/h5-6,8-10,12H,4,7,11H2,1-3H3,(H,25,30)(H,28,29). The first-order chi connectivity index (χ1) is 14.7. The van der Waals surface area contributed by atoms with E-state index in [-0.39, 0.29) is 0 Å². The van der Waals surface area contributed by atoms with Crippen LogP contribution in [-0.2, 0) is 17.8 Å². The summed E-state index contributed by atoms with van der Waals surface area (Å²) in [7, 11) is 0. The normalized spacial score (nSPS) is 11.2. The molecule has 9 heteroatoms. The van der Waals surface area contributed by atoms with Crippen LogP contribution >= 0.6 is 31.9 Å². The monoisotopic (exact) mass is 551 g/mol. The number of nitrogens with zero attached hydrogens (tertiary/aromatic N) is 2. The summed E-state index contributed by atoms with van der Waals surface area (Å²) < 4.78 is 9.43. The number of halogens is 2. The maximum Gasteiger partial charge on any atom is 0.322 e. The van der Waals surface area contributed by atoms with Crippen molar-refractivity contribution in [2.75, 3.05) is 6.54 Å². The van der Waals surface area contributed by atoms with Crippen LogP contribution in [0.1, 0.15) is 37.0 Å². The van der Waals surface area contributed by atoms with Gasteiger partial charge in [0.1, 0.15) is 18.1 Å². The lowest BCUT2D eigenvalue weighted by Gasteiger charge is -2.13. The summed E-state index contributed by atoms with van der Waals surface area (Å²) in [6.45, 7) is 6.81. The minimum absolute atomic E-state index is 0.310. The van der Waals surface area contributed by atoms with Crippen LogP contribution in [0.4, 0.5) is 0 Å². The molecule has 2 N–H and O–H groups in total. The van der Waals surface area contributed by atoms with E-state index in [9.17, 15) is 9.59 Å². The summed E-state index contributed by atoms with van der Waals surface area (Å²) in [5.74, 6) is 1.13. The smallest absolute Gasteiger partial charge is 0.322 e. The van der Waals surface area contributed by atoms with Gasteiger partial charge in [-0.25, -0.2) is 4.98 Å². The van der Waals surface area contributed by atoms with Crippen molar-refractivity contribution in [2.45, 2.75) is 33.7 Å². The third-order valence-corrected chi connectivity index (χ3v) is 5.76. The van der Waals surface area contributed by atoms with Crippen LogP contribution in [0.15, 0.2) is 39.3 Å². The van der Waals surface area contributed by atoms with Crippen molar-refractivity contribution in [3.63, 3.8) is 0 Å². The van der Waals surface area contributed by atoms with Crippen LogP contribution in [0, 0.1) is 5.92 Å². The molecule has 164 valence electrons. The number of carbonyl (C=O) groups is 2. The van der Waals surface area contributed by atoms with Gasteiger partial charge in [0.15, 0.2) is 5.75 Å². The van der Waals surface area contributed by atoms with E-state index in [4.69, 9.17) is 14.8 Å². The van der Waals surface area contributed by atoms with Crippen LogP contribution in [0.3, 0.4) is 0 Å². The summed E-state index contributed by atoms with van der Waals surface area (Å²) in [4.78, 5) is 27.6. The zero-order valence-electron chi connectivity index (χ0n) is 17.4. The first-order valence-electron chi connectivity index (χ1n) is 9.85. The molecule has 0 unspecified atom stereocenters. The van der Waals surface area contributed by atoms with E-state index in [1.54, 1.807) is 12.1 Å². The second-order valence-corrected chi connectivity index (χ2v) is 9.18. The van der Waals surface area contributed by atoms with Gasteiger partial charge in [-0.05, 0) is 69.0 Å². The zero-order chi connectivity index (χ0) is 22.7. The van der Waals surface area contributed by atoms with E-state index in [1.165, 1.54) is 0 Å². The lowest BCUT2D eigenvalue weighted by molar-refractivity contribution is -0.135. The minimum Gasteiger partial charge on any atom is -0.480 e. The molecule has 0 aliphatic carbocycles. The predicted octanol–water partition coefficient (Wildman–Crippen LogP) is 5.39. The predicted molar refractivity (Wildman–Crippen MR) is 126 cm³/mol. The number of fused-ring (bicyclic) bond motifs is 1. The molecule has 0 atom stereocenters. The number of nitrogens with one attached hydrogen (secondary N) is 1. The van der Waals surface area contributed by atoms with E-state index in [0.717, 1.165) is 29.8 Å². The highest BCUT2D eigenvalue weighted by atomic mass is 79.9. The molecule has 31 heavy (non-hydrogen) atoms. The molecule has 0 aliphatic rings. The Kier molecular flexibility index (Phi) is 7.38. The van der Waals surface area contributed by atoms with Crippen molar-refractivity contribution >= 4 is 54.8 Å². The summed E-state index contributed by atoms with van der Waals surface area (Å²) >= 11 is 6.89. The molecular formula is C22H23Br2N3O4. The summed E-state index contributed by atoms with van der Waals surface area (Å²) in [5.41, 5.74) is 2.24. The number of ether oxygens (including phenoxy) is 1. The first kappa shape index (κ1) is 23.3. The van der Waals surface area contributed by atoms with E-state index in [2.05, 4.69) is 62.5 Å². The van der Waals surface area contributed by atoms with E-state index < -0.39 is 18.4 Å². The third kappa shape index (κ3) is 5.46. The van der Waals surface area contributed by atoms with Gasteiger partial charge >= 0.3 is 5.97 Å². The summed E-state index contributed by atoms with van der Waals surface area (Å²) in [6.07, 6.45) is 0.904. The average molecular weight is 553 g/mol. The van der Waals surface area contributed by atoms with Crippen molar-refractivity contribution in [2.24, 2.45) is 5.92 Å². The Morgan fingerprint density at radius 3 is 2.45 bits per heavy atom. The minimum atomic E-state index is -1.11. The zero-order valence-corrected chi connectivity index (χ0v) is 20.6. The van der Waals surface area contributed by atoms with E-state index >= 15 is 0 Å². The first-order valence-corrected chi connectivity index (χ1v) is 11.4. The maximum atomic E-state index is 12.2. The third-order valence-electron chi connectivity index (χ3n) is 4.59. The number of aryl methyl sites for hydroxylation is 1. The Hall–Kier alpha value is -2.39. The van der Waals surface area contributed by atoms with Crippen molar-refractivity contribution in [1.29, 1.82) is 0 Å². The van der Waals surface area contributed by atoms with Gasteiger partial charge in [-0.15, -0.1) is 0 Å². The van der Waals surface area contributed by atoms with E-state index in [0.29, 0.717) is 31.9 Å². The Morgan fingerprint density at radius 1 is 1.19 bits per heavy atom. The lowest BCUT2D eigenvalue weighted by atomic mass is 10.1. The highest BCUT2D eigenvalue weighted by molar-refractivity contribution is 9.11. The molecule has 2 aromatic carbocycles. The number of aromatic nitrogens is 2. The number of hydrogen-bond donors (Lipinski definition) is 2. The van der Waals surface area contributed by atoms with Gasteiger partial charge in [0.05, 0.1) is 20.0 Å². The molecule has 1 heterocycles. The Morgan fingerprint density at radius 2 is 1.87 bits per heavy atom. The van der Waals surface area contributed by atoms with Gasteiger partial charge in [0, 0.05) is 24.6 Å². The van der Waals surface area contributed by atoms with Crippen molar-refractivity contribution in [1.82, 2.24) is 14.9 Å². The molecule has 0 bridgehead atoms. The van der Waals surface area contributed by atoms with Crippen LogP contribution in [0.25, 0.3) is 11.0 Å². The Labute approximate surface area is 197 Å². The number of benzene rings is 2. The molecule has 0 spiro atoms. The van der Waals surface area contributed by atoms with Gasteiger partial charge < -0.3 is 19.7 Å². The molecule has 0 radical (unpaired) electrons. The number of imidazole rings is 1. The molecule has 0 fully saturated rings. The molecule has 1 aromatic heterocycles. The quantitative estimate of drug-likeness (QED) is 0.391. The van der Waals surface area contributed by atoms with Gasteiger partial charge in [-0.3, -0.25) is 9.59 Å². The van der Waals surface area contributed by atoms with Crippen molar-refractivity contribution in [3.8, 4) is 11.5 Å². The number of hydrogen-bond acceptors (Lipinski definition) is 4. The highest BCUT2D eigenvalue weighted by Gasteiger charge is 2.16. The molecule has 3 aromatic rings. The molecule has 7 nitrogen and oxygen atoms in total. The number of carboxylic acid groups (broad SMARTS) is 1. The fourth-order valence-electron chi connectivity index (χ4n) is 3.25. The summed E-state index contributed by atoms with van der Waals surface area (Å²) in [6, 6.07) is 8.94. The highest BCUT2D eigenvalue weighted by Crippen LogP contribution is 2.38. The average Bonchev–Trinajstić information content (AvgIpc) is 3.04. The van der Waals surface area contributed by atoms with E-state index in [1.807, 2.05) is 18.2 Å². The molecular weight excluding hydrogens is 530 g/mol. The Bertz CT molecular complexity index is 1120. The fraction of sp³-hybridized carbons (Fsp3) is 0.318. The second kappa shape index (κ2) is 9.82. The molecule has 0 saturated carbocycles. The van der Waals surface area contributed by atoms with Crippen molar-refractivity contribution in [3.05, 3.63) is 50.7 Å². The van der Waals surface area contributed by atoms with Crippen molar-refractivity contribution < 1.29 is 19.4 Å². The van der Waals surface area contributed by atoms with Crippen LogP contribution in [0.5, 0.6) is 11.5 Å². The SMILES string of the molecule is CCn1c(CC(C)C)nc2ccc(Oc3c(Br)cc(C(=O)NCC(=O)O)cc3Br)cc21. The number of rotatable bonds is 8. The van der Waals surface area contributed by atoms with Crippen LogP contribution in [-0.4, -0.2) is 33.1 Å². The largest absolute Gasteiger partial charge is 0.480 e. The second-order valence-electron chi connectivity index (χ2n) is 7.47. The molecule has 0 aliphatic heterocycles. The number of amides is 1. The Balaban J connectivity index is 1.89. The number of aliphatic carboxylic acids is 1. The number of carbonyl (C=O) groups excluding carboxylic acids is 1. The molecule has 3 rings (SSSR count). The van der Waals surface area contributed by atoms with Gasteiger partial charge in [0.2, 0.25) is 0 Å². The topological polar surface area (TPSA) is 93.5 Å². The fourth-order valence-corrected chi connectivity index (χ4v) is 4.60. The van der Waals surface area contributed by atoms with Crippen LogP contribution in [0.2, 0.25) is 0 Å². The molecule has 1 amide bonds. The summed E-state index contributed by atoms with van der Waals surface area (Å²) in [5, 5.41) is 11.1.